The molecule has 1 heterocycles. The summed E-state index contributed by atoms with van der Waals surface area (Å²) < 4.78 is 56.3. The van der Waals surface area contributed by atoms with E-state index in [-0.39, 0.29) is 22.4 Å². The highest BCUT2D eigenvalue weighted by molar-refractivity contribution is 9.10. The Labute approximate surface area is 147 Å². The van der Waals surface area contributed by atoms with E-state index in [0.29, 0.717) is 0 Å². The second kappa shape index (κ2) is 8.10. The predicted molar refractivity (Wildman–Crippen MR) is 83.7 cm³/mol. The number of nitrogens with zero attached hydrogens (tertiary/aromatic N) is 4. The molecule has 0 N–H and O–H groups in total. The van der Waals surface area contributed by atoms with Crippen LogP contribution in [0.3, 0.4) is 0 Å². The molecule has 2 rings (SSSR count). The molecule has 134 valence electrons. The normalized spacial score (nSPS) is 13.4. The second-order valence-electron chi connectivity index (χ2n) is 4.47. The van der Waals surface area contributed by atoms with E-state index in [4.69, 9.17) is 4.84 Å². The molecule has 11 heteroatoms. The number of oxime groups is 1. The van der Waals surface area contributed by atoms with Crippen LogP contribution in [0.2, 0.25) is 0 Å². The van der Waals surface area contributed by atoms with Gasteiger partial charge in [-0.2, -0.15) is 5.10 Å². The molecule has 0 bridgehead atoms. The lowest BCUT2D eigenvalue weighted by Gasteiger charge is -2.14. The van der Waals surface area contributed by atoms with Crippen LogP contribution in [0.4, 0.5) is 17.6 Å². The minimum absolute atomic E-state index is 0.0179. The first-order chi connectivity index (χ1) is 11.8. The van der Waals surface area contributed by atoms with Crippen LogP contribution in [0, 0.1) is 0 Å². The van der Waals surface area contributed by atoms with E-state index >= 15 is 0 Å². The Hall–Kier alpha value is -2.43. The molecule has 0 aliphatic carbocycles. The molecule has 1 unspecified atom stereocenters. The van der Waals surface area contributed by atoms with E-state index in [1.54, 1.807) is 0 Å². The van der Waals surface area contributed by atoms with Gasteiger partial charge in [0, 0.05) is 5.56 Å². The molecule has 2 aromatic rings. The average Bonchev–Trinajstić information content (AvgIpc) is 3.06. The largest absolute Gasteiger partial charge is 0.573 e. The van der Waals surface area contributed by atoms with E-state index in [9.17, 15) is 17.6 Å². The lowest BCUT2D eigenvalue weighted by atomic mass is 10.1. The van der Waals surface area contributed by atoms with Gasteiger partial charge in [-0.15, -0.1) is 13.2 Å². The van der Waals surface area contributed by atoms with E-state index < -0.39 is 18.4 Å². The van der Waals surface area contributed by atoms with Gasteiger partial charge in [-0.1, -0.05) is 17.8 Å². The molecule has 1 aromatic heterocycles. The fraction of sp³-hybridized carbons (Fsp3) is 0.214. The smallest absolute Gasteiger partial charge is 0.405 e. The van der Waals surface area contributed by atoms with Gasteiger partial charge >= 0.3 is 6.36 Å². The highest BCUT2D eigenvalue weighted by Gasteiger charge is 2.32. The van der Waals surface area contributed by atoms with Crippen molar-refractivity contribution in [1.29, 1.82) is 0 Å². The van der Waals surface area contributed by atoms with Crippen molar-refractivity contribution < 1.29 is 27.1 Å². The van der Waals surface area contributed by atoms with E-state index in [1.807, 2.05) is 0 Å². The monoisotopic (exact) mass is 422 g/mol. The fourth-order valence-corrected chi connectivity index (χ4v) is 2.18. The van der Waals surface area contributed by atoms with Gasteiger partial charge in [0.1, 0.15) is 30.7 Å². The Morgan fingerprint density at radius 2 is 2.20 bits per heavy atom. The lowest BCUT2D eigenvalue weighted by molar-refractivity contribution is -0.274. The zero-order valence-electron chi connectivity index (χ0n) is 12.5. The third-order valence-corrected chi connectivity index (χ3v) is 3.32. The first-order valence-electron chi connectivity index (χ1n) is 6.66. The molecule has 0 spiro atoms. The molecular weight excluding hydrogens is 412 g/mol. The predicted octanol–water partition coefficient (Wildman–Crippen LogP) is 4.01. The Balaban J connectivity index is 2.35. The highest BCUT2D eigenvalue weighted by atomic mass is 79.9. The number of aromatic nitrogens is 3. The quantitative estimate of drug-likeness (QED) is 0.222. The number of hydrogen-bond acceptors (Lipinski definition) is 5. The molecule has 0 amide bonds. The first kappa shape index (κ1) is 18.9. The molecule has 0 fully saturated rings. The molecule has 0 saturated carbocycles. The molecule has 6 nitrogen and oxygen atoms in total. The number of rotatable bonds is 7. The van der Waals surface area contributed by atoms with Crippen LogP contribution in [0.1, 0.15) is 11.9 Å². The van der Waals surface area contributed by atoms with Crippen molar-refractivity contribution >= 4 is 21.6 Å². The first-order valence-corrected chi connectivity index (χ1v) is 7.45. The molecule has 0 saturated heterocycles. The van der Waals surface area contributed by atoms with Gasteiger partial charge in [-0.25, -0.2) is 14.1 Å². The number of ether oxygens (including phenoxy) is 1. The maximum absolute atomic E-state index is 14.6. The third kappa shape index (κ3) is 5.28. The van der Waals surface area contributed by atoms with Gasteiger partial charge in [0.05, 0.1) is 4.47 Å². The topological polar surface area (TPSA) is 61.5 Å². The zero-order chi connectivity index (χ0) is 18.4. The summed E-state index contributed by atoms with van der Waals surface area (Å²) in [7, 11) is 0. The molecule has 0 aliphatic heterocycles. The second-order valence-corrected chi connectivity index (χ2v) is 5.32. The fourth-order valence-electron chi connectivity index (χ4n) is 1.72. The van der Waals surface area contributed by atoms with E-state index in [2.05, 4.69) is 42.5 Å². The Bertz CT molecular complexity index is 750. The summed E-state index contributed by atoms with van der Waals surface area (Å²) >= 11 is 2.95. The van der Waals surface area contributed by atoms with E-state index in [1.165, 1.54) is 18.2 Å². The maximum Gasteiger partial charge on any atom is 0.573 e. The number of hydrogen-bond donors (Lipinski definition) is 0. The Kier molecular flexibility index (Phi) is 6.12. The third-order valence-electron chi connectivity index (χ3n) is 2.70. The van der Waals surface area contributed by atoms with Crippen LogP contribution in [0.5, 0.6) is 5.75 Å². The maximum atomic E-state index is 14.6. The van der Waals surface area contributed by atoms with Crippen molar-refractivity contribution in [1.82, 2.24) is 14.8 Å². The van der Waals surface area contributed by atoms with Crippen LogP contribution >= 0.6 is 15.9 Å². The van der Waals surface area contributed by atoms with Crippen molar-refractivity contribution in [3.05, 3.63) is 53.5 Å². The van der Waals surface area contributed by atoms with Crippen molar-refractivity contribution in [3.8, 4) is 5.75 Å². The van der Waals surface area contributed by atoms with Gasteiger partial charge in [0.25, 0.3) is 0 Å². The number of benzene rings is 1. The van der Waals surface area contributed by atoms with Gasteiger partial charge in [0.15, 0.2) is 0 Å². The van der Waals surface area contributed by atoms with Gasteiger partial charge in [0.2, 0.25) is 6.30 Å². The van der Waals surface area contributed by atoms with Gasteiger partial charge in [-0.05, 0) is 34.1 Å². The number of halogens is 5. The van der Waals surface area contributed by atoms with Crippen molar-refractivity contribution in [2.75, 3.05) is 6.61 Å². The summed E-state index contributed by atoms with van der Waals surface area (Å²) in [5.74, 6) is -0.473. The summed E-state index contributed by atoms with van der Waals surface area (Å²) in [5, 5.41) is 7.35. The zero-order valence-corrected chi connectivity index (χ0v) is 14.0. The Morgan fingerprint density at radius 1 is 1.44 bits per heavy atom. The molecular formula is C14H11BrF4N4O2. The highest BCUT2D eigenvalue weighted by Crippen LogP contribution is 2.32. The summed E-state index contributed by atoms with van der Waals surface area (Å²) in [4.78, 5) is 8.54. The van der Waals surface area contributed by atoms with Gasteiger partial charge < -0.3 is 9.57 Å². The summed E-state index contributed by atoms with van der Waals surface area (Å²) in [6.07, 6.45) is -3.06. The van der Waals surface area contributed by atoms with Crippen LogP contribution in [-0.2, 0) is 4.84 Å². The minimum atomic E-state index is -4.85. The van der Waals surface area contributed by atoms with Crippen LogP contribution in [0.15, 0.2) is 53.1 Å². The Morgan fingerprint density at radius 3 is 2.76 bits per heavy atom. The summed E-state index contributed by atoms with van der Waals surface area (Å²) in [6.45, 7) is 3.46. The summed E-state index contributed by atoms with van der Waals surface area (Å²) in [6, 6.07) is 3.47. The van der Waals surface area contributed by atoms with Crippen molar-refractivity contribution in [2.45, 2.75) is 12.7 Å². The average molecular weight is 423 g/mol. The molecule has 0 aliphatic rings. The molecule has 1 aromatic carbocycles. The van der Waals surface area contributed by atoms with Gasteiger partial charge in [-0.3, -0.25) is 0 Å². The minimum Gasteiger partial charge on any atom is -0.405 e. The molecule has 0 radical (unpaired) electrons. The van der Waals surface area contributed by atoms with Crippen LogP contribution in [-0.4, -0.2) is 33.4 Å². The van der Waals surface area contributed by atoms with E-state index in [0.717, 1.165) is 23.4 Å². The van der Waals surface area contributed by atoms with Crippen molar-refractivity contribution in [3.63, 3.8) is 0 Å². The number of alkyl halides is 4. The van der Waals surface area contributed by atoms with Crippen molar-refractivity contribution in [2.24, 2.45) is 5.16 Å². The standard InChI is InChI=1S/C14H11BrF4N4O2/c1-2-5-24-22-12(13(16)23-8-20-7-21-23)9-3-4-11(10(15)6-9)25-14(17,18)19/h2-4,6-8,13H,1,5H2. The van der Waals surface area contributed by atoms with Crippen LogP contribution < -0.4 is 4.74 Å². The summed E-state index contributed by atoms with van der Waals surface area (Å²) in [5.41, 5.74) is -0.0555. The van der Waals surface area contributed by atoms with Crippen LogP contribution in [0.25, 0.3) is 0 Å². The molecule has 1 atom stereocenters. The molecule has 25 heavy (non-hydrogen) atoms. The SMILES string of the molecule is C=CCON=C(c1ccc(OC(F)(F)F)c(Br)c1)C(F)n1cncn1. The lowest BCUT2D eigenvalue weighted by Crippen LogP contribution is -2.19.